The molecular weight excluding hydrogens is 296 g/mol. The summed E-state index contributed by atoms with van der Waals surface area (Å²) >= 11 is 0. The Bertz CT molecular complexity index is 689. The van der Waals surface area contributed by atoms with Crippen molar-refractivity contribution in [3.63, 3.8) is 0 Å². The first-order valence-corrected chi connectivity index (χ1v) is 7.54. The molecular formula is C18H19ClN2O. The fourth-order valence-electron chi connectivity index (χ4n) is 3.38. The van der Waals surface area contributed by atoms with Crippen molar-refractivity contribution in [3.05, 3.63) is 64.7 Å². The molecule has 0 saturated carbocycles. The summed E-state index contributed by atoms with van der Waals surface area (Å²) in [5, 5.41) is 6.49. The molecule has 0 bridgehead atoms. The molecule has 0 radical (unpaired) electrons. The van der Waals surface area contributed by atoms with Gasteiger partial charge in [-0.1, -0.05) is 24.3 Å². The highest BCUT2D eigenvalue weighted by molar-refractivity contribution is 5.95. The van der Waals surface area contributed by atoms with E-state index in [1.54, 1.807) is 0 Å². The minimum Gasteiger partial charge on any atom is -0.384 e. The Hall–Kier alpha value is -2.00. The summed E-state index contributed by atoms with van der Waals surface area (Å²) in [5.74, 6) is 0.0440. The Labute approximate surface area is 136 Å². The largest absolute Gasteiger partial charge is 0.384 e. The molecule has 0 saturated heterocycles. The van der Waals surface area contributed by atoms with Crippen LogP contribution in [0.1, 0.15) is 27.0 Å². The van der Waals surface area contributed by atoms with Crippen LogP contribution in [0.2, 0.25) is 0 Å². The number of benzene rings is 2. The lowest BCUT2D eigenvalue weighted by Crippen LogP contribution is -2.35. The van der Waals surface area contributed by atoms with Crippen molar-refractivity contribution in [2.45, 2.75) is 25.3 Å². The van der Waals surface area contributed by atoms with E-state index in [1.807, 2.05) is 18.2 Å². The predicted molar refractivity (Wildman–Crippen MR) is 91.0 cm³/mol. The van der Waals surface area contributed by atoms with E-state index in [-0.39, 0.29) is 24.4 Å². The smallest absolute Gasteiger partial charge is 0.251 e. The molecule has 2 aliphatic rings. The fourth-order valence-corrected chi connectivity index (χ4v) is 3.38. The molecule has 2 aromatic carbocycles. The molecule has 0 fully saturated rings. The molecule has 0 spiro atoms. The molecule has 0 atom stereocenters. The van der Waals surface area contributed by atoms with Gasteiger partial charge < -0.3 is 10.6 Å². The second-order valence-electron chi connectivity index (χ2n) is 5.90. The molecule has 0 aromatic heterocycles. The van der Waals surface area contributed by atoms with Crippen molar-refractivity contribution in [2.24, 2.45) is 0 Å². The third kappa shape index (κ3) is 2.69. The second-order valence-corrected chi connectivity index (χ2v) is 5.90. The van der Waals surface area contributed by atoms with E-state index >= 15 is 0 Å². The highest BCUT2D eigenvalue weighted by atomic mass is 35.5. The molecule has 1 amide bonds. The third-order valence-corrected chi connectivity index (χ3v) is 4.46. The third-order valence-electron chi connectivity index (χ3n) is 4.46. The quantitative estimate of drug-likeness (QED) is 0.895. The lowest BCUT2D eigenvalue weighted by atomic mass is 10.1. The van der Waals surface area contributed by atoms with Crippen LogP contribution in [0.25, 0.3) is 0 Å². The number of hydrogen-bond acceptors (Lipinski definition) is 2. The average Bonchev–Trinajstić information content (AvgIpc) is 3.11. The van der Waals surface area contributed by atoms with E-state index in [0.29, 0.717) is 0 Å². The average molecular weight is 315 g/mol. The lowest BCUT2D eigenvalue weighted by molar-refractivity contribution is 0.0938. The first-order chi connectivity index (χ1) is 10.3. The molecule has 2 aromatic rings. The molecule has 4 rings (SSSR count). The van der Waals surface area contributed by atoms with E-state index in [4.69, 9.17) is 0 Å². The summed E-state index contributed by atoms with van der Waals surface area (Å²) in [7, 11) is 0. The van der Waals surface area contributed by atoms with Crippen LogP contribution in [0.5, 0.6) is 0 Å². The Morgan fingerprint density at radius 1 is 1.05 bits per heavy atom. The summed E-state index contributed by atoms with van der Waals surface area (Å²) in [4.78, 5) is 12.4. The van der Waals surface area contributed by atoms with Gasteiger partial charge in [-0.05, 0) is 54.2 Å². The van der Waals surface area contributed by atoms with Gasteiger partial charge in [0.1, 0.15) is 0 Å². The van der Waals surface area contributed by atoms with Crippen LogP contribution >= 0.6 is 12.4 Å². The Morgan fingerprint density at radius 3 is 2.50 bits per heavy atom. The molecule has 22 heavy (non-hydrogen) atoms. The van der Waals surface area contributed by atoms with Gasteiger partial charge in [0.05, 0.1) is 0 Å². The van der Waals surface area contributed by atoms with Crippen molar-refractivity contribution < 1.29 is 4.79 Å². The lowest BCUT2D eigenvalue weighted by Gasteiger charge is -2.12. The standard InChI is InChI=1S/C18H18N2O.ClH/c21-18(15-5-6-17-14(9-15)7-8-19-17)20-16-10-12-3-1-2-4-13(12)11-16;/h1-6,9,16,19H,7-8,10-11H2,(H,20,21);1H. The van der Waals surface area contributed by atoms with Gasteiger partial charge in [0, 0.05) is 23.8 Å². The number of rotatable bonds is 2. The van der Waals surface area contributed by atoms with Crippen LogP contribution in [-0.4, -0.2) is 18.5 Å². The first kappa shape index (κ1) is 14.9. The number of fused-ring (bicyclic) bond motifs is 2. The van der Waals surface area contributed by atoms with Gasteiger partial charge in [-0.15, -0.1) is 12.4 Å². The van der Waals surface area contributed by atoms with Gasteiger partial charge in [-0.2, -0.15) is 0 Å². The molecule has 2 N–H and O–H groups in total. The summed E-state index contributed by atoms with van der Waals surface area (Å²) < 4.78 is 0. The highest BCUT2D eigenvalue weighted by Gasteiger charge is 2.23. The van der Waals surface area contributed by atoms with Crippen molar-refractivity contribution in [1.29, 1.82) is 0 Å². The minimum absolute atomic E-state index is 0. The molecule has 1 aliphatic carbocycles. The first-order valence-electron chi connectivity index (χ1n) is 7.54. The zero-order valence-corrected chi connectivity index (χ0v) is 13.1. The predicted octanol–water partition coefficient (Wildman–Crippen LogP) is 2.97. The Morgan fingerprint density at radius 2 is 1.77 bits per heavy atom. The van der Waals surface area contributed by atoms with Crippen LogP contribution < -0.4 is 10.6 Å². The number of carbonyl (C=O) groups excluding carboxylic acids is 1. The van der Waals surface area contributed by atoms with Gasteiger partial charge in [-0.25, -0.2) is 0 Å². The Kier molecular flexibility index (Phi) is 4.08. The van der Waals surface area contributed by atoms with Crippen LogP contribution in [0.4, 0.5) is 5.69 Å². The maximum Gasteiger partial charge on any atom is 0.251 e. The Balaban J connectivity index is 0.00000144. The van der Waals surface area contributed by atoms with Gasteiger partial charge in [0.2, 0.25) is 0 Å². The van der Waals surface area contributed by atoms with E-state index in [1.165, 1.54) is 22.4 Å². The summed E-state index contributed by atoms with van der Waals surface area (Å²) in [6.07, 6.45) is 2.88. The minimum atomic E-state index is 0. The topological polar surface area (TPSA) is 41.1 Å². The van der Waals surface area contributed by atoms with Gasteiger partial charge in [0.25, 0.3) is 5.91 Å². The van der Waals surface area contributed by atoms with Gasteiger partial charge in [-0.3, -0.25) is 4.79 Å². The fraction of sp³-hybridized carbons (Fsp3) is 0.278. The van der Waals surface area contributed by atoms with Crippen LogP contribution in [0.15, 0.2) is 42.5 Å². The number of anilines is 1. The molecule has 0 unspecified atom stereocenters. The van der Waals surface area contributed by atoms with Crippen LogP contribution in [-0.2, 0) is 19.3 Å². The van der Waals surface area contributed by atoms with Crippen molar-refractivity contribution in [1.82, 2.24) is 5.32 Å². The number of amides is 1. The van der Waals surface area contributed by atoms with E-state index in [2.05, 4.69) is 34.9 Å². The number of hydrogen-bond donors (Lipinski definition) is 2. The zero-order chi connectivity index (χ0) is 14.2. The SMILES string of the molecule is Cl.O=C(NC1Cc2ccccc2C1)c1ccc2c(c1)CCN2. The molecule has 4 heteroatoms. The molecule has 3 nitrogen and oxygen atoms in total. The van der Waals surface area contributed by atoms with Crippen molar-refractivity contribution in [3.8, 4) is 0 Å². The summed E-state index contributed by atoms with van der Waals surface area (Å²) in [5.41, 5.74) is 5.91. The van der Waals surface area contributed by atoms with Crippen molar-refractivity contribution in [2.75, 3.05) is 11.9 Å². The normalized spacial score (nSPS) is 15.5. The van der Waals surface area contributed by atoms with Crippen LogP contribution in [0.3, 0.4) is 0 Å². The highest BCUT2D eigenvalue weighted by Crippen LogP contribution is 2.24. The van der Waals surface area contributed by atoms with E-state index in [0.717, 1.165) is 31.4 Å². The van der Waals surface area contributed by atoms with E-state index in [9.17, 15) is 4.79 Å². The number of carbonyl (C=O) groups is 1. The van der Waals surface area contributed by atoms with Gasteiger partial charge >= 0.3 is 0 Å². The molecule has 1 heterocycles. The zero-order valence-electron chi connectivity index (χ0n) is 12.3. The van der Waals surface area contributed by atoms with Crippen molar-refractivity contribution >= 4 is 24.0 Å². The summed E-state index contributed by atoms with van der Waals surface area (Å²) in [6.45, 7) is 0.971. The number of nitrogens with one attached hydrogen (secondary N) is 2. The monoisotopic (exact) mass is 314 g/mol. The number of halogens is 1. The maximum absolute atomic E-state index is 12.4. The second kappa shape index (κ2) is 6.01. The summed E-state index contributed by atoms with van der Waals surface area (Å²) in [6, 6.07) is 14.6. The van der Waals surface area contributed by atoms with Gasteiger partial charge in [0.15, 0.2) is 0 Å². The van der Waals surface area contributed by atoms with Crippen LogP contribution in [0, 0.1) is 0 Å². The molecule has 1 aliphatic heterocycles. The molecule has 114 valence electrons. The van der Waals surface area contributed by atoms with E-state index < -0.39 is 0 Å². The maximum atomic E-state index is 12.4.